The van der Waals surface area contributed by atoms with Crippen molar-refractivity contribution in [2.75, 3.05) is 4.90 Å². The molecule has 3 aliphatic carbocycles. The first-order chi connectivity index (χ1) is 25.1. The molecule has 12 rings (SSSR count). The molecule has 1 aliphatic heterocycles. The van der Waals surface area contributed by atoms with Crippen LogP contribution in [0.3, 0.4) is 0 Å². The van der Waals surface area contributed by atoms with Gasteiger partial charge in [-0.15, -0.1) is 0 Å². The zero-order valence-electron chi connectivity index (χ0n) is 28.6. The Morgan fingerprint density at radius 2 is 1.22 bits per heavy atom. The molecule has 0 fully saturated rings. The molecule has 0 N–H and O–H groups in total. The fourth-order valence-corrected chi connectivity index (χ4v) is 10.5. The van der Waals surface area contributed by atoms with Gasteiger partial charge in [0.25, 0.3) is 0 Å². The Balaban J connectivity index is 1.31. The fourth-order valence-electron chi connectivity index (χ4n) is 10.5. The number of allylic oxidation sites excluding steroid dienone is 2. The highest BCUT2D eigenvalue weighted by molar-refractivity contribution is 6.23. The number of hydrogen-bond acceptors (Lipinski definition) is 1. The van der Waals surface area contributed by atoms with Crippen LogP contribution in [0.15, 0.2) is 158 Å². The predicted molar refractivity (Wildman–Crippen MR) is 214 cm³/mol. The first kappa shape index (κ1) is 27.7. The monoisotopic (exact) mass is 650 g/mol. The third kappa shape index (κ3) is 3.29. The average Bonchev–Trinajstić information content (AvgIpc) is 3.87. The molecule has 51 heavy (non-hydrogen) atoms. The van der Waals surface area contributed by atoms with Gasteiger partial charge in [-0.2, -0.15) is 0 Å². The van der Waals surface area contributed by atoms with Crippen LogP contribution in [0.5, 0.6) is 0 Å². The van der Waals surface area contributed by atoms with Crippen molar-refractivity contribution in [1.82, 2.24) is 4.57 Å². The third-order valence-electron chi connectivity index (χ3n) is 12.4. The zero-order valence-corrected chi connectivity index (χ0v) is 28.6. The van der Waals surface area contributed by atoms with Crippen molar-refractivity contribution >= 4 is 44.0 Å². The standard InChI is InChI=1S/C49H34N2/c1-49(2)38-24-11-8-19-34(38)43-44-36-20-9-12-25-39(36)50(29-15-4-3-5-16-29)47(44)45-37-21-10-13-26-40(37)51(48(45)46(43)49)41-28-27-33-31-18-7-6-17-30(31)32-22-14-23-35(41)42(32)33/h3-28,36,39H,1-2H3. The Kier molecular flexibility index (Phi) is 5.19. The van der Waals surface area contributed by atoms with E-state index in [1.54, 1.807) is 0 Å². The van der Waals surface area contributed by atoms with Crippen LogP contribution >= 0.6 is 0 Å². The molecule has 2 nitrogen and oxygen atoms in total. The highest BCUT2D eigenvalue weighted by Crippen LogP contribution is 2.63. The zero-order chi connectivity index (χ0) is 33.6. The molecule has 2 heteroatoms. The molecule has 2 heterocycles. The van der Waals surface area contributed by atoms with Crippen LogP contribution in [0.25, 0.3) is 71.6 Å². The molecule has 8 aromatic rings. The first-order valence-corrected chi connectivity index (χ1v) is 18.2. The van der Waals surface area contributed by atoms with Crippen LogP contribution in [-0.2, 0) is 5.41 Å². The largest absolute Gasteiger partial charge is 0.333 e. The quantitative estimate of drug-likeness (QED) is 0.181. The minimum Gasteiger partial charge on any atom is -0.333 e. The molecule has 1 aromatic heterocycles. The molecule has 0 bridgehead atoms. The molecule has 0 spiro atoms. The van der Waals surface area contributed by atoms with E-state index in [1.165, 1.54) is 99.7 Å². The van der Waals surface area contributed by atoms with Gasteiger partial charge in [-0.3, -0.25) is 0 Å². The molecule has 2 atom stereocenters. The van der Waals surface area contributed by atoms with Crippen molar-refractivity contribution < 1.29 is 0 Å². The maximum Gasteiger partial charge on any atom is 0.0630 e. The van der Waals surface area contributed by atoms with Gasteiger partial charge in [-0.05, 0) is 79.7 Å². The highest BCUT2D eigenvalue weighted by Gasteiger charge is 2.48. The second kappa shape index (κ2) is 9.56. The van der Waals surface area contributed by atoms with Crippen LogP contribution in [0.4, 0.5) is 11.4 Å². The van der Waals surface area contributed by atoms with E-state index in [9.17, 15) is 0 Å². The second-order valence-electron chi connectivity index (χ2n) is 15.2. The molecule has 0 radical (unpaired) electrons. The molecule has 0 saturated carbocycles. The minimum absolute atomic E-state index is 0.190. The number of nitrogens with zero attached hydrogens (tertiary/aromatic N) is 2. The normalized spacial score (nSPS) is 18.4. The summed E-state index contributed by atoms with van der Waals surface area (Å²) < 4.78 is 2.64. The maximum atomic E-state index is 2.65. The summed E-state index contributed by atoms with van der Waals surface area (Å²) in [6.07, 6.45) is 9.37. The lowest BCUT2D eigenvalue weighted by Crippen LogP contribution is -2.28. The van der Waals surface area contributed by atoms with Gasteiger partial charge in [0.15, 0.2) is 0 Å². The number of fused-ring (bicyclic) bond motifs is 15. The average molecular weight is 651 g/mol. The van der Waals surface area contributed by atoms with Gasteiger partial charge in [-0.25, -0.2) is 0 Å². The SMILES string of the molecule is CC1(C)c2ccccc2-c2c3c(c4c5ccccc5n(-c5ccc6c7c(cccc57)-c5ccccc5-6)c4c21)N(c1ccccc1)C1C=CC=CC31. The molecule has 240 valence electrons. The summed E-state index contributed by atoms with van der Waals surface area (Å²) in [5, 5.41) is 5.31. The summed E-state index contributed by atoms with van der Waals surface area (Å²) in [6.45, 7) is 4.90. The second-order valence-corrected chi connectivity index (χ2v) is 15.2. The van der Waals surface area contributed by atoms with E-state index in [2.05, 4.69) is 181 Å². The lowest BCUT2D eigenvalue weighted by atomic mass is 9.79. The summed E-state index contributed by atoms with van der Waals surface area (Å²) in [7, 11) is 0. The Morgan fingerprint density at radius 3 is 2.06 bits per heavy atom. The van der Waals surface area contributed by atoms with Crippen LogP contribution in [0, 0.1) is 0 Å². The van der Waals surface area contributed by atoms with Crippen molar-refractivity contribution in [3.8, 4) is 39.1 Å². The molecule has 4 aliphatic rings. The molecular formula is C49H34N2. The van der Waals surface area contributed by atoms with Crippen molar-refractivity contribution in [2.45, 2.75) is 31.2 Å². The molecule has 7 aromatic carbocycles. The van der Waals surface area contributed by atoms with Crippen molar-refractivity contribution in [3.05, 3.63) is 174 Å². The van der Waals surface area contributed by atoms with Crippen LogP contribution < -0.4 is 4.90 Å². The lowest BCUT2D eigenvalue weighted by Gasteiger charge is -2.29. The van der Waals surface area contributed by atoms with Gasteiger partial charge in [0.2, 0.25) is 0 Å². The van der Waals surface area contributed by atoms with E-state index in [1.807, 2.05) is 0 Å². The molecular weight excluding hydrogens is 617 g/mol. The van der Waals surface area contributed by atoms with Crippen LogP contribution in [0.1, 0.15) is 36.5 Å². The highest BCUT2D eigenvalue weighted by atomic mass is 15.2. The molecule has 0 saturated heterocycles. The van der Waals surface area contributed by atoms with Crippen LogP contribution in [0.2, 0.25) is 0 Å². The summed E-state index contributed by atoms with van der Waals surface area (Å²) in [4.78, 5) is 2.65. The number of anilines is 2. The summed E-state index contributed by atoms with van der Waals surface area (Å²) in [6, 6.07) is 50.2. The Morgan fingerprint density at radius 1 is 0.549 bits per heavy atom. The Hall–Kier alpha value is -6.12. The van der Waals surface area contributed by atoms with Crippen molar-refractivity contribution in [1.29, 1.82) is 0 Å². The summed E-state index contributed by atoms with van der Waals surface area (Å²) in [5.74, 6) is 0.239. The van der Waals surface area contributed by atoms with Gasteiger partial charge in [0.05, 0.1) is 28.5 Å². The van der Waals surface area contributed by atoms with Gasteiger partial charge in [0.1, 0.15) is 0 Å². The minimum atomic E-state index is -0.208. The Labute approximate surface area is 297 Å². The number of benzene rings is 7. The fraction of sp³-hybridized carbons (Fsp3) is 0.102. The van der Waals surface area contributed by atoms with E-state index in [4.69, 9.17) is 0 Å². The Bertz CT molecular complexity index is 2870. The van der Waals surface area contributed by atoms with E-state index in [0.29, 0.717) is 0 Å². The lowest BCUT2D eigenvalue weighted by molar-refractivity contribution is 0.663. The van der Waals surface area contributed by atoms with E-state index >= 15 is 0 Å². The van der Waals surface area contributed by atoms with Crippen molar-refractivity contribution in [3.63, 3.8) is 0 Å². The smallest absolute Gasteiger partial charge is 0.0630 e. The maximum absolute atomic E-state index is 2.65. The topological polar surface area (TPSA) is 8.17 Å². The number of hydrogen-bond donors (Lipinski definition) is 0. The van der Waals surface area contributed by atoms with Gasteiger partial charge in [-0.1, -0.05) is 147 Å². The van der Waals surface area contributed by atoms with E-state index in [0.717, 1.165) is 0 Å². The number of rotatable bonds is 2. The summed E-state index contributed by atoms with van der Waals surface area (Å²) in [5.41, 5.74) is 18.6. The first-order valence-electron chi connectivity index (χ1n) is 18.2. The molecule has 0 amide bonds. The van der Waals surface area contributed by atoms with Gasteiger partial charge >= 0.3 is 0 Å². The summed E-state index contributed by atoms with van der Waals surface area (Å²) >= 11 is 0. The van der Waals surface area contributed by atoms with E-state index < -0.39 is 0 Å². The number of para-hydroxylation sites is 2. The van der Waals surface area contributed by atoms with Crippen molar-refractivity contribution in [2.24, 2.45) is 0 Å². The van der Waals surface area contributed by atoms with E-state index in [-0.39, 0.29) is 17.4 Å². The van der Waals surface area contributed by atoms with Gasteiger partial charge in [0, 0.05) is 33.2 Å². The van der Waals surface area contributed by atoms with Gasteiger partial charge < -0.3 is 9.47 Å². The predicted octanol–water partition coefficient (Wildman–Crippen LogP) is 12.6. The molecule has 2 unspecified atom stereocenters. The third-order valence-corrected chi connectivity index (χ3v) is 12.4. The van der Waals surface area contributed by atoms with Crippen LogP contribution in [-0.4, -0.2) is 10.6 Å². The number of aromatic nitrogens is 1.